The summed E-state index contributed by atoms with van der Waals surface area (Å²) in [5.41, 5.74) is 5.40. The maximum absolute atomic E-state index is 12.8. The molecule has 0 saturated carbocycles. The fourth-order valence-electron chi connectivity index (χ4n) is 2.97. The van der Waals surface area contributed by atoms with Gasteiger partial charge in [-0.3, -0.25) is 4.79 Å². The lowest BCUT2D eigenvalue weighted by Crippen LogP contribution is -2.48. The third-order valence-corrected chi connectivity index (χ3v) is 4.33. The molecule has 1 aliphatic rings. The molecule has 1 aromatic heterocycles. The van der Waals surface area contributed by atoms with Gasteiger partial charge in [0.05, 0.1) is 17.4 Å². The van der Waals surface area contributed by atoms with E-state index in [0.29, 0.717) is 19.4 Å². The van der Waals surface area contributed by atoms with Crippen molar-refractivity contribution in [2.45, 2.75) is 38.0 Å². The normalized spacial score (nSPS) is 21.4. The lowest BCUT2D eigenvalue weighted by atomic mass is 9.99. The van der Waals surface area contributed by atoms with Crippen LogP contribution >= 0.6 is 0 Å². The summed E-state index contributed by atoms with van der Waals surface area (Å²) in [5, 5.41) is 7.61. The van der Waals surface area contributed by atoms with Crippen LogP contribution in [0, 0.1) is 0 Å². The first-order chi connectivity index (χ1) is 11.8. The van der Waals surface area contributed by atoms with E-state index in [2.05, 4.69) is 10.3 Å². The van der Waals surface area contributed by atoms with E-state index in [-0.39, 0.29) is 29.4 Å². The summed E-state index contributed by atoms with van der Waals surface area (Å²) < 4.78 is 39.6. The summed E-state index contributed by atoms with van der Waals surface area (Å²) >= 11 is 0. The van der Waals surface area contributed by atoms with Gasteiger partial charge in [0.15, 0.2) is 5.69 Å². The molecule has 134 valence electrons. The Kier molecular flexibility index (Phi) is 4.51. The highest BCUT2D eigenvalue weighted by Crippen LogP contribution is 2.30. The molecule has 0 unspecified atom stereocenters. The molecule has 3 rings (SSSR count). The quantitative estimate of drug-likeness (QED) is 0.898. The van der Waals surface area contributed by atoms with E-state index in [1.165, 1.54) is 23.0 Å². The standard InChI is InChI=1S/C16H18F3N5O/c1-10-7-12(20)5-6-23(10)15(25)14-9-24(22-21-14)13-4-2-3-11(8-13)16(17,18)19/h2-4,8-10,12H,5-7,20H2,1H3/t10-,12-/m0/s1. The SMILES string of the molecule is C[C@H]1C[C@@H](N)CCN1C(=O)c1cn(-c2cccc(C(F)(F)F)c2)nn1. The Labute approximate surface area is 142 Å². The van der Waals surface area contributed by atoms with Gasteiger partial charge < -0.3 is 10.6 Å². The number of benzene rings is 1. The van der Waals surface area contributed by atoms with Crippen molar-refractivity contribution in [2.24, 2.45) is 5.73 Å². The number of halogens is 3. The van der Waals surface area contributed by atoms with Gasteiger partial charge in [-0.15, -0.1) is 5.10 Å². The summed E-state index contributed by atoms with van der Waals surface area (Å²) in [6.07, 6.45) is -1.69. The zero-order valence-corrected chi connectivity index (χ0v) is 13.6. The van der Waals surface area contributed by atoms with E-state index in [1.807, 2.05) is 6.92 Å². The Bertz CT molecular complexity index is 773. The zero-order valence-electron chi connectivity index (χ0n) is 13.6. The minimum Gasteiger partial charge on any atom is -0.334 e. The Hall–Kier alpha value is -2.42. The molecule has 2 N–H and O–H groups in total. The number of alkyl halides is 3. The topological polar surface area (TPSA) is 77.0 Å². The lowest BCUT2D eigenvalue weighted by Gasteiger charge is -2.35. The highest BCUT2D eigenvalue weighted by molar-refractivity contribution is 5.92. The molecular weight excluding hydrogens is 335 g/mol. The number of aromatic nitrogens is 3. The Morgan fingerprint density at radius 2 is 2.12 bits per heavy atom. The van der Waals surface area contributed by atoms with Crippen LogP contribution in [0.15, 0.2) is 30.5 Å². The summed E-state index contributed by atoms with van der Waals surface area (Å²) in [5.74, 6) is -0.294. The van der Waals surface area contributed by atoms with Crippen molar-refractivity contribution in [1.82, 2.24) is 19.9 Å². The molecule has 25 heavy (non-hydrogen) atoms. The molecule has 2 heterocycles. The Morgan fingerprint density at radius 3 is 2.80 bits per heavy atom. The number of hydrogen-bond donors (Lipinski definition) is 1. The fourth-order valence-corrected chi connectivity index (χ4v) is 2.97. The molecule has 1 fully saturated rings. The lowest BCUT2D eigenvalue weighted by molar-refractivity contribution is -0.137. The minimum atomic E-state index is -4.45. The molecule has 1 saturated heterocycles. The van der Waals surface area contributed by atoms with Crippen LogP contribution in [0.1, 0.15) is 35.8 Å². The molecule has 0 radical (unpaired) electrons. The number of amides is 1. The third kappa shape index (κ3) is 3.65. The number of likely N-dealkylation sites (tertiary alicyclic amines) is 1. The molecule has 2 atom stereocenters. The van der Waals surface area contributed by atoms with Gasteiger partial charge >= 0.3 is 6.18 Å². The van der Waals surface area contributed by atoms with Gasteiger partial charge in [0.25, 0.3) is 5.91 Å². The predicted molar refractivity (Wildman–Crippen MR) is 84.1 cm³/mol. The zero-order chi connectivity index (χ0) is 18.2. The number of piperidine rings is 1. The van der Waals surface area contributed by atoms with Crippen molar-refractivity contribution in [3.05, 3.63) is 41.7 Å². The summed E-state index contributed by atoms with van der Waals surface area (Å²) in [7, 11) is 0. The second kappa shape index (κ2) is 6.47. The van der Waals surface area contributed by atoms with Gasteiger partial charge in [-0.2, -0.15) is 13.2 Å². The van der Waals surface area contributed by atoms with Crippen molar-refractivity contribution in [3.63, 3.8) is 0 Å². The van der Waals surface area contributed by atoms with Crippen LogP contribution in [0.2, 0.25) is 0 Å². The maximum atomic E-state index is 12.8. The van der Waals surface area contributed by atoms with E-state index in [0.717, 1.165) is 12.1 Å². The molecule has 6 nitrogen and oxygen atoms in total. The van der Waals surface area contributed by atoms with Crippen LogP contribution in [-0.2, 0) is 6.18 Å². The van der Waals surface area contributed by atoms with Crippen LogP contribution in [0.3, 0.4) is 0 Å². The Morgan fingerprint density at radius 1 is 1.36 bits per heavy atom. The number of rotatable bonds is 2. The predicted octanol–water partition coefficient (Wildman–Crippen LogP) is 2.24. The second-order valence-electron chi connectivity index (χ2n) is 6.23. The van der Waals surface area contributed by atoms with Gasteiger partial charge in [0, 0.05) is 18.6 Å². The average molecular weight is 353 g/mol. The van der Waals surface area contributed by atoms with Gasteiger partial charge in [-0.1, -0.05) is 11.3 Å². The monoisotopic (exact) mass is 353 g/mol. The highest BCUT2D eigenvalue weighted by atomic mass is 19.4. The summed E-state index contributed by atoms with van der Waals surface area (Å²) in [6, 6.07) is 4.75. The van der Waals surface area contributed by atoms with Gasteiger partial charge in [-0.25, -0.2) is 4.68 Å². The number of nitrogens with two attached hydrogens (primary N) is 1. The number of hydrogen-bond acceptors (Lipinski definition) is 4. The molecule has 0 aliphatic carbocycles. The average Bonchev–Trinajstić information content (AvgIpc) is 3.04. The first-order valence-corrected chi connectivity index (χ1v) is 7.92. The smallest absolute Gasteiger partial charge is 0.334 e. The molecular formula is C16H18F3N5O. The number of carbonyl (C=O) groups is 1. The Balaban J connectivity index is 1.82. The van der Waals surface area contributed by atoms with E-state index in [9.17, 15) is 18.0 Å². The summed E-state index contributed by atoms with van der Waals surface area (Å²) in [4.78, 5) is 14.2. The van der Waals surface area contributed by atoms with Crippen molar-refractivity contribution in [3.8, 4) is 5.69 Å². The molecule has 1 aromatic carbocycles. The van der Waals surface area contributed by atoms with E-state index < -0.39 is 11.7 Å². The van der Waals surface area contributed by atoms with E-state index in [1.54, 1.807) is 4.90 Å². The molecule has 0 spiro atoms. The van der Waals surface area contributed by atoms with Crippen LogP contribution < -0.4 is 5.73 Å². The first-order valence-electron chi connectivity index (χ1n) is 7.92. The second-order valence-corrected chi connectivity index (χ2v) is 6.23. The van der Waals surface area contributed by atoms with Crippen LogP contribution in [0.4, 0.5) is 13.2 Å². The van der Waals surface area contributed by atoms with Crippen molar-refractivity contribution in [2.75, 3.05) is 6.54 Å². The van der Waals surface area contributed by atoms with E-state index in [4.69, 9.17) is 5.73 Å². The summed E-state index contributed by atoms with van der Waals surface area (Å²) in [6.45, 7) is 2.44. The van der Waals surface area contributed by atoms with Crippen molar-refractivity contribution >= 4 is 5.91 Å². The molecule has 2 aromatic rings. The maximum Gasteiger partial charge on any atom is 0.416 e. The minimum absolute atomic E-state index is 0.0186. The van der Waals surface area contributed by atoms with Crippen molar-refractivity contribution < 1.29 is 18.0 Å². The van der Waals surface area contributed by atoms with Gasteiger partial charge in [0.2, 0.25) is 0 Å². The van der Waals surface area contributed by atoms with Gasteiger partial charge in [0.1, 0.15) is 0 Å². The third-order valence-electron chi connectivity index (χ3n) is 4.33. The highest BCUT2D eigenvalue weighted by Gasteiger charge is 2.31. The molecule has 1 amide bonds. The largest absolute Gasteiger partial charge is 0.416 e. The van der Waals surface area contributed by atoms with Crippen molar-refractivity contribution in [1.29, 1.82) is 0 Å². The number of nitrogens with zero attached hydrogens (tertiary/aromatic N) is 4. The van der Waals surface area contributed by atoms with Crippen LogP contribution in [0.5, 0.6) is 0 Å². The van der Waals surface area contributed by atoms with E-state index >= 15 is 0 Å². The molecule has 0 bridgehead atoms. The first kappa shape index (κ1) is 17.4. The fraction of sp³-hybridized carbons (Fsp3) is 0.438. The molecule has 9 heteroatoms. The van der Waals surface area contributed by atoms with Gasteiger partial charge in [-0.05, 0) is 38.0 Å². The van der Waals surface area contributed by atoms with Crippen LogP contribution in [0.25, 0.3) is 5.69 Å². The molecule has 1 aliphatic heterocycles. The van der Waals surface area contributed by atoms with Crippen LogP contribution in [-0.4, -0.2) is 44.4 Å². The number of carbonyl (C=O) groups excluding carboxylic acids is 1.